The van der Waals surface area contributed by atoms with Crippen LogP contribution < -0.4 is 5.56 Å². The van der Waals surface area contributed by atoms with Crippen molar-refractivity contribution in [1.82, 2.24) is 9.55 Å². The van der Waals surface area contributed by atoms with Gasteiger partial charge in [0.05, 0.1) is 22.9 Å². The number of rotatable bonds is 2. The third-order valence-corrected chi connectivity index (χ3v) is 5.84. The second kappa shape index (κ2) is 5.41. The van der Waals surface area contributed by atoms with Crippen LogP contribution in [0.4, 0.5) is 0 Å². The summed E-state index contributed by atoms with van der Waals surface area (Å²) in [6.45, 7) is 10.0. The molecular formula is C20H26N2O2. The van der Waals surface area contributed by atoms with Crippen molar-refractivity contribution in [3.05, 3.63) is 39.4 Å². The van der Waals surface area contributed by atoms with Crippen molar-refractivity contribution >= 4 is 10.9 Å². The quantitative estimate of drug-likeness (QED) is 0.842. The van der Waals surface area contributed by atoms with E-state index >= 15 is 0 Å². The molecule has 1 aromatic carbocycles. The number of benzene rings is 1. The van der Waals surface area contributed by atoms with Crippen LogP contribution in [0.3, 0.4) is 0 Å². The number of hydrogen-bond acceptors (Lipinski definition) is 3. The average Bonchev–Trinajstić information content (AvgIpc) is 3.14. The van der Waals surface area contributed by atoms with Crippen molar-refractivity contribution in [2.75, 3.05) is 13.2 Å². The third kappa shape index (κ3) is 2.08. The fourth-order valence-corrected chi connectivity index (χ4v) is 4.54. The molecule has 0 amide bonds. The van der Waals surface area contributed by atoms with Gasteiger partial charge in [0.15, 0.2) is 0 Å². The molecule has 2 aromatic rings. The SMILES string of the molecule is CC[C@@H]1C[C@]2(CCOC2)c2nc3c(C(C)C)cc(C)cc3c(=O)n21. The summed E-state index contributed by atoms with van der Waals surface area (Å²) >= 11 is 0. The van der Waals surface area contributed by atoms with Crippen LogP contribution in [0.2, 0.25) is 0 Å². The van der Waals surface area contributed by atoms with Gasteiger partial charge >= 0.3 is 0 Å². The summed E-state index contributed by atoms with van der Waals surface area (Å²) in [6.07, 6.45) is 2.92. The Labute approximate surface area is 142 Å². The molecule has 24 heavy (non-hydrogen) atoms. The molecule has 3 heterocycles. The van der Waals surface area contributed by atoms with Gasteiger partial charge in [0, 0.05) is 12.6 Å². The molecule has 0 saturated carbocycles. The highest BCUT2D eigenvalue weighted by atomic mass is 16.5. The van der Waals surface area contributed by atoms with Crippen molar-refractivity contribution in [2.24, 2.45) is 0 Å². The van der Waals surface area contributed by atoms with Gasteiger partial charge in [-0.2, -0.15) is 0 Å². The first kappa shape index (κ1) is 15.8. The summed E-state index contributed by atoms with van der Waals surface area (Å²) in [5.41, 5.74) is 3.29. The van der Waals surface area contributed by atoms with Gasteiger partial charge in [-0.3, -0.25) is 9.36 Å². The number of aryl methyl sites for hydroxylation is 1. The molecule has 0 unspecified atom stereocenters. The first-order valence-corrected chi connectivity index (χ1v) is 9.12. The lowest BCUT2D eigenvalue weighted by molar-refractivity contribution is 0.174. The van der Waals surface area contributed by atoms with E-state index in [-0.39, 0.29) is 17.0 Å². The molecule has 1 spiro atoms. The predicted octanol–water partition coefficient (Wildman–Crippen LogP) is 3.84. The van der Waals surface area contributed by atoms with Crippen molar-refractivity contribution < 1.29 is 4.74 Å². The lowest BCUT2D eigenvalue weighted by Crippen LogP contribution is -2.29. The maximum absolute atomic E-state index is 13.3. The van der Waals surface area contributed by atoms with E-state index in [2.05, 4.69) is 33.8 Å². The minimum Gasteiger partial charge on any atom is -0.380 e. The molecule has 2 atom stereocenters. The number of aromatic nitrogens is 2. The summed E-state index contributed by atoms with van der Waals surface area (Å²) in [7, 11) is 0. The third-order valence-electron chi connectivity index (χ3n) is 5.84. The number of hydrogen-bond donors (Lipinski definition) is 0. The molecule has 0 N–H and O–H groups in total. The molecule has 0 bridgehead atoms. The van der Waals surface area contributed by atoms with Gasteiger partial charge in [0.2, 0.25) is 0 Å². The first-order valence-electron chi connectivity index (χ1n) is 9.12. The monoisotopic (exact) mass is 326 g/mol. The highest BCUT2D eigenvalue weighted by Gasteiger charge is 2.48. The lowest BCUT2D eigenvalue weighted by atomic mass is 9.83. The zero-order valence-corrected chi connectivity index (χ0v) is 15.1. The molecule has 1 fully saturated rings. The minimum absolute atomic E-state index is 0.0623. The van der Waals surface area contributed by atoms with Crippen LogP contribution >= 0.6 is 0 Å². The van der Waals surface area contributed by atoms with Gasteiger partial charge in [0.25, 0.3) is 5.56 Å². The topological polar surface area (TPSA) is 44.1 Å². The van der Waals surface area contributed by atoms with Crippen molar-refractivity contribution in [3.8, 4) is 0 Å². The number of nitrogens with zero attached hydrogens (tertiary/aromatic N) is 2. The Morgan fingerprint density at radius 2 is 2.21 bits per heavy atom. The van der Waals surface area contributed by atoms with E-state index in [4.69, 9.17) is 9.72 Å². The second-order valence-corrected chi connectivity index (χ2v) is 7.86. The zero-order valence-electron chi connectivity index (χ0n) is 15.1. The Balaban J connectivity index is 2.09. The molecule has 2 aliphatic rings. The van der Waals surface area contributed by atoms with Crippen LogP contribution in [0.15, 0.2) is 16.9 Å². The largest absolute Gasteiger partial charge is 0.380 e. The van der Waals surface area contributed by atoms with Gasteiger partial charge in [-0.15, -0.1) is 0 Å². The molecule has 2 aliphatic heterocycles. The molecule has 1 aromatic heterocycles. The van der Waals surface area contributed by atoms with Crippen LogP contribution in [0.25, 0.3) is 10.9 Å². The van der Waals surface area contributed by atoms with E-state index in [1.54, 1.807) is 0 Å². The summed E-state index contributed by atoms with van der Waals surface area (Å²) in [6, 6.07) is 4.43. The van der Waals surface area contributed by atoms with Crippen molar-refractivity contribution in [1.29, 1.82) is 0 Å². The van der Waals surface area contributed by atoms with Crippen molar-refractivity contribution in [3.63, 3.8) is 0 Å². The molecule has 4 nitrogen and oxygen atoms in total. The van der Waals surface area contributed by atoms with Crippen molar-refractivity contribution in [2.45, 2.75) is 64.3 Å². The van der Waals surface area contributed by atoms with Gasteiger partial charge < -0.3 is 4.74 Å². The molecule has 128 valence electrons. The Morgan fingerprint density at radius 1 is 1.42 bits per heavy atom. The van der Waals surface area contributed by atoms with Crippen LogP contribution in [0, 0.1) is 6.92 Å². The highest BCUT2D eigenvalue weighted by molar-refractivity contribution is 5.82. The molecule has 4 rings (SSSR count). The minimum atomic E-state index is -0.0623. The average molecular weight is 326 g/mol. The highest BCUT2D eigenvalue weighted by Crippen LogP contribution is 2.46. The van der Waals surface area contributed by atoms with Crippen LogP contribution in [0.1, 0.15) is 68.9 Å². The predicted molar refractivity (Wildman–Crippen MR) is 95.9 cm³/mol. The number of fused-ring (bicyclic) bond motifs is 3. The van der Waals surface area contributed by atoms with Gasteiger partial charge in [-0.05, 0) is 49.3 Å². The molecular weight excluding hydrogens is 300 g/mol. The Morgan fingerprint density at radius 3 is 2.83 bits per heavy atom. The van der Waals surface area contributed by atoms with Gasteiger partial charge in [-0.25, -0.2) is 4.98 Å². The Kier molecular flexibility index (Phi) is 3.57. The molecule has 0 aliphatic carbocycles. The lowest BCUT2D eigenvalue weighted by Gasteiger charge is -2.21. The maximum atomic E-state index is 13.3. The van der Waals surface area contributed by atoms with E-state index < -0.39 is 0 Å². The van der Waals surface area contributed by atoms with Gasteiger partial charge in [0.1, 0.15) is 5.82 Å². The summed E-state index contributed by atoms with van der Waals surface area (Å²) in [5, 5.41) is 0.775. The second-order valence-electron chi connectivity index (χ2n) is 7.86. The summed E-state index contributed by atoms with van der Waals surface area (Å²) in [5.74, 6) is 1.32. The van der Waals surface area contributed by atoms with E-state index in [9.17, 15) is 4.79 Å². The fraction of sp³-hybridized carbons (Fsp3) is 0.600. The standard InChI is InChI=1S/C20H26N2O2/c1-5-14-10-20(6-7-24-11-20)19-21-17-15(12(2)3)8-13(4)9-16(17)18(23)22(14)19/h8-9,12,14H,5-7,10-11H2,1-4H3/t14-,20+/m1/s1. The van der Waals surface area contributed by atoms with E-state index in [1.165, 1.54) is 5.56 Å². The summed E-state index contributed by atoms with van der Waals surface area (Å²) in [4.78, 5) is 18.4. The number of ether oxygens (including phenoxy) is 1. The van der Waals surface area contributed by atoms with Crippen LogP contribution in [-0.4, -0.2) is 22.8 Å². The van der Waals surface area contributed by atoms with Gasteiger partial charge in [-0.1, -0.05) is 26.8 Å². The van der Waals surface area contributed by atoms with E-state index in [1.807, 2.05) is 10.6 Å². The van der Waals surface area contributed by atoms with E-state index in [0.29, 0.717) is 12.5 Å². The smallest absolute Gasteiger partial charge is 0.261 e. The van der Waals surface area contributed by atoms with Crippen LogP contribution in [-0.2, 0) is 10.2 Å². The first-order chi connectivity index (χ1) is 11.5. The maximum Gasteiger partial charge on any atom is 0.261 e. The normalized spacial score (nSPS) is 26.0. The van der Waals surface area contributed by atoms with E-state index in [0.717, 1.165) is 48.2 Å². The fourth-order valence-electron chi connectivity index (χ4n) is 4.54. The Hall–Kier alpha value is -1.68. The molecule has 0 radical (unpaired) electrons. The Bertz CT molecular complexity index is 860. The van der Waals surface area contributed by atoms with Crippen LogP contribution in [0.5, 0.6) is 0 Å². The zero-order chi connectivity index (χ0) is 17.1. The molecule has 1 saturated heterocycles. The summed E-state index contributed by atoms with van der Waals surface area (Å²) < 4.78 is 7.71. The molecule has 4 heteroatoms.